The van der Waals surface area contributed by atoms with Crippen molar-refractivity contribution in [2.24, 2.45) is 0 Å². The van der Waals surface area contributed by atoms with Crippen molar-refractivity contribution in [1.29, 1.82) is 0 Å². The molecule has 5 nitrogen and oxygen atoms in total. The second kappa shape index (κ2) is 4.02. The lowest BCUT2D eigenvalue weighted by molar-refractivity contribution is -0.385. The molecule has 1 N–H and O–H groups in total. The predicted molar refractivity (Wildman–Crippen MR) is 78.0 cm³/mol. The molecule has 0 bridgehead atoms. The minimum Gasteiger partial charge on any atom is -0.321 e. The average molecular weight is 278 g/mol. The van der Waals surface area contributed by atoms with Crippen molar-refractivity contribution >= 4 is 17.8 Å². The van der Waals surface area contributed by atoms with Gasteiger partial charge < -0.3 is 4.98 Å². The van der Waals surface area contributed by atoms with Gasteiger partial charge in [0.25, 0.3) is 11.2 Å². The molecule has 4 rings (SSSR count). The van der Waals surface area contributed by atoms with Crippen LogP contribution in [-0.2, 0) is 6.42 Å². The van der Waals surface area contributed by atoms with Gasteiger partial charge in [-0.1, -0.05) is 12.2 Å². The first-order valence-corrected chi connectivity index (χ1v) is 6.58. The van der Waals surface area contributed by atoms with Gasteiger partial charge in [0.2, 0.25) is 0 Å². The Bertz CT molecular complexity index is 1110. The zero-order valence-electron chi connectivity index (χ0n) is 10.9. The molecule has 0 amide bonds. The maximum atomic E-state index is 12.2. The van der Waals surface area contributed by atoms with Crippen molar-refractivity contribution in [3.63, 3.8) is 0 Å². The Morgan fingerprint density at radius 3 is 2.95 bits per heavy atom. The number of hydrogen-bond acceptors (Lipinski definition) is 3. The number of H-pyrrole nitrogens is 1. The summed E-state index contributed by atoms with van der Waals surface area (Å²) in [6.45, 7) is 0. The number of nitrogens with one attached hydrogen (secondary N) is 1. The van der Waals surface area contributed by atoms with Gasteiger partial charge in [-0.25, -0.2) is 0 Å². The molecule has 1 aromatic carbocycles. The fraction of sp³-hybridized carbons (Fsp3) is 0.0625. The first kappa shape index (κ1) is 11.8. The molecule has 0 spiro atoms. The number of nitro groups is 1. The minimum absolute atomic E-state index is 0.0560. The number of nitrogens with zero attached hydrogens (tertiary/aromatic N) is 1. The lowest BCUT2D eigenvalue weighted by Crippen LogP contribution is -2.33. The van der Waals surface area contributed by atoms with Crippen LogP contribution in [0.5, 0.6) is 0 Å². The highest BCUT2D eigenvalue weighted by molar-refractivity contribution is 5.61. The molecule has 0 atom stereocenters. The maximum absolute atomic E-state index is 12.2. The molecule has 0 radical (unpaired) electrons. The lowest BCUT2D eigenvalue weighted by atomic mass is 10.0. The van der Waals surface area contributed by atoms with E-state index in [1.54, 1.807) is 18.2 Å². The Balaban J connectivity index is 2.18. The second-order valence-corrected chi connectivity index (χ2v) is 5.11. The van der Waals surface area contributed by atoms with Crippen molar-refractivity contribution in [1.82, 2.24) is 4.98 Å². The maximum Gasteiger partial charge on any atom is 0.270 e. The van der Waals surface area contributed by atoms with Gasteiger partial charge in [-0.15, -0.1) is 0 Å². The van der Waals surface area contributed by atoms with Gasteiger partial charge in [0, 0.05) is 28.1 Å². The van der Waals surface area contributed by atoms with E-state index in [1.165, 1.54) is 6.07 Å². The van der Waals surface area contributed by atoms with Crippen molar-refractivity contribution in [2.45, 2.75) is 6.42 Å². The molecule has 1 aromatic heterocycles. The quantitative estimate of drug-likeness (QED) is 0.523. The molecule has 0 saturated carbocycles. The summed E-state index contributed by atoms with van der Waals surface area (Å²) in [4.78, 5) is 25.5. The summed E-state index contributed by atoms with van der Waals surface area (Å²) < 4.78 is 0. The summed E-state index contributed by atoms with van der Waals surface area (Å²) in [5.74, 6) is 0. The summed E-state index contributed by atoms with van der Waals surface area (Å²) in [6, 6.07) is 4.70. The molecule has 0 fully saturated rings. The summed E-state index contributed by atoms with van der Waals surface area (Å²) >= 11 is 0. The fourth-order valence-corrected chi connectivity index (χ4v) is 2.97. The van der Waals surface area contributed by atoms with Crippen molar-refractivity contribution in [2.75, 3.05) is 0 Å². The first-order valence-electron chi connectivity index (χ1n) is 6.58. The number of aromatic amines is 1. The molecule has 102 valence electrons. The number of nitro benzene ring substituents is 1. The van der Waals surface area contributed by atoms with Crippen LogP contribution in [0.4, 0.5) is 5.69 Å². The molecular formula is C16H10N2O3. The van der Waals surface area contributed by atoms with E-state index in [1.807, 2.05) is 18.2 Å². The van der Waals surface area contributed by atoms with Gasteiger partial charge >= 0.3 is 0 Å². The normalized spacial score (nSPS) is 13.7. The molecule has 2 aromatic rings. The monoisotopic (exact) mass is 278 g/mol. The van der Waals surface area contributed by atoms with Gasteiger partial charge in [0.05, 0.1) is 10.3 Å². The topological polar surface area (TPSA) is 76.0 Å². The average Bonchev–Trinajstić information content (AvgIpc) is 2.85. The Hall–Kier alpha value is -2.95. The van der Waals surface area contributed by atoms with Crippen LogP contribution in [0.2, 0.25) is 0 Å². The molecule has 0 saturated heterocycles. The fourth-order valence-electron chi connectivity index (χ4n) is 2.97. The van der Waals surface area contributed by atoms with Gasteiger partial charge in [-0.3, -0.25) is 14.9 Å². The summed E-state index contributed by atoms with van der Waals surface area (Å²) in [6.07, 6.45) is 8.29. The molecule has 2 aliphatic carbocycles. The number of allylic oxidation sites excluding steroid dienone is 2. The van der Waals surface area contributed by atoms with Gasteiger partial charge in [-0.2, -0.15) is 0 Å². The molecule has 21 heavy (non-hydrogen) atoms. The van der Waals surface area contributed by atoms with Crippen molar-refractivity contribution in [3.8, 4) is 0 Å². The lowest BCUT2D eigenvalue weighted by Gasteiger charge is -2.06. The highest BCUT2D eigenvalue weighted by Gasteiger charge is 2.14. The van der Waals surface area contributed by atoms with Gasteiger partial charge in [0.1, 0.15) is 0 Å². The molecule has 0 aliphatic heterocycles. The smallest absolute Gasteiger partial charge is 0.270 e. The predicted octanol–water partition coefficient (Wildman–Crippen LogP) is 0.605. The van der Waals surface area contributed by atoms with E-state index in [2.05, 4.69) is 4.98 Å². The van der Waals surface area contributed by atoms with Crippen molar-refractivity contribution in [3.05, 3.63) is 83.0 Å². The number of rotatable bonds is 1. The molecule has 0 unspecified atom stereocenters. The summed E-state index contributed by atoms with van der Waals surface area (Å²) in [5.41, 5.74) is 1.88. The van der Waals surface area contributed by atoms with E-state index in [4.69, 9.17) is 0 Å². The van der Waals surface area contributed by atoms with Crippen LogP contribution in [-0.4, -0.2) is 9.91 Å². The van der Waals surface area contributed by atoms with Crippen LogP contribution in [0.3, 0.4) is 0 Å². The number of pyridine rings is 1. The number of fused-ring (bicyclic) bond motifs is 4. The largest absolute Gasteiger partial charge is 0.321 e. The summed E-state index contributed by atoms with van der Waals surface area (Å²) in [5, 5.41) is 13.9. The Labute approximate surface area is 118 Å². The molecule has 1 heterocycles. The van der Waals surface area contributed by atoms with Crippen LogP contribution in [0.1, 0.15) is 11.1 Å². The number of hydrogen-bond donors (Lipinski definition) is 1. The van der Waals surface area contributed by atoms with Crippen LogP contribution in [0.15, 0.2) is 35.1 Å². The van der Waals surface area contributed by atoms with E-state index in [-0.39, 0.29) is 11.2 Å². The Morgan fingerprint density at radius 1 is 1.29 bits per heavy atom. The van der Waals surface area contributed by atoms with Gasteiger partial charge in [-0.05, 0) is 35.4 Å². The van der Waals surface area contributed by atoms with E-state index in [0.717, 1.165) is 26.9 Å². The Kier molecular flexibility index (Phi) is 2.27. The highest BCUT2D eigenvalue weighted by Crippen LogP contribution is 2.15. The molecule has 5 heteroatoms. The zero-order chi connectivity index (χ0) is 14.6. The minimum atomic E-state index is -0.411. The number of non-ortho nitro benzene ring substituents is 1. The number of aromatic nitrogens is 1. The van der Waals surface area contributed by atoms with E-state index in [0.29, 0.717) is 11.6 Å². The van der Waals surface area contributed by atoms with Crippen LogP contribution >= 0.6 is 0 Å². The van der Waals surface area contributed by atoms with E-state index < -0.39 is 4.92 Å². The van der Waals surface area contributed by atoms with Crippen LogP contribution < -0.4 is 16.0 Å². The molecular weight excluding hydrogens is 268 g/mol. The first-order chi connectivity index (χ1) is 10.1. The van der Waals surface area contributed by atoms with Crippen LogP contribution in [0, 0.1) is 20.7 Å². The molecule has 2 aliphatic rings. The van der Waals surface area contributed by atoms with Crippen LogP contribution in [0.25, 0.3) is 12.2 Å². The third-order valence-electron chi connectivity index (χ3n) is 3.94. The third-order valence-corrected chi connectivity index (χ3v) is 3.94. The zero-order valence-corrected chi connectivity index (χ0v) is 10.9. The second-order valence-electron chi connectivity index (χ2n) is 5.11. The van der Waals surface area contributed by atoms with Gasteiger partial charge in [0.15, 0.2) is 0 Å². The SMILES string of the molecule is O=c1[nH]c2c(c3c1=CC=CC3)C=c1cc([N+](=O)[O-])ccc1=2. The number of benzene rings is 1. The third kappa shape index (κ3) is 1.61. The standard InChI is InChI=1S/C16H10N2O3/c19-16-13-4-2-1-3-12(13)14-8-9-7-10(18(20)21)5-6-11(9)15(14)17-16/h1-2,4-8H,3H2,(H,17,19). The summed E-state index contributed by atoms with van der Waals surface area (Å²) in [7, 11) is 0. The van der Waals surface area contributed by atoms with E-state index in [9.17, 15) is 14.9 Å². The highest BCUT2D eigenvalue weighted by atomic mass is 16.6. The van der Waals surface area contributed by atoms with E-state index >= 15 is 0 Å². The Morgan fingerprint density at radius 2 is 2.14 bits per heavy atom. The van der Waals surface area contributed by atoms with Crippen molar-refractivity contribution < 1.29 is 4.92 Å².